The van der Waals surface area contributed by atoms with Crippen LogP contribution in [0.25, 0.3) is 0 Å². The van der Waals surface area contributed by atoms with E-state index in [9.17, 15) is 4.79 Å². The molecule has 1 aromatic carbocycles. The first-order chi connectivity index (χ1) is 8.65. The first kappa shape index (κ1) is 11.4. The summed E-state index contributed by atoms with van der Waals surface area (Å²) in [6, 6.07) is 8.38. The molecule has 0 saturated carbocycles. The van der Waals surface area contributed by atoms with Crippen molar-refractivity contribution >= 4 is 17.3 Å². The van der Waals surface area contributed by atoms with Gasteiger partial charge in [-0.15, -0.1) is 11.3 Å². The molecule has 2 aromatic rings. The molecule has 0 spiro atoms. The molecule has 1 aliphatic carbocycles. The van der Waals surface area contributed by atoms with Crippen LogP contribution in [0, 0.1) is 6.92 Å². The van der Waals surface area contributed by atoms with E-state index in [1.807, 2.05) is 13.0 Å². The molecule has 1 heterocycles. The Kier molecular flexibility index (Phi) is 2.67. The first-order valence-electron chi connectivity index (χ1n) is 5.91. The number of aliphatic carboxylic acids is 1. The highest BCUT2D eigenvalue weighted by atomic mass is 32.1. The molecule has 1 N–H and O–H groups in total. The van der Waals surface area contributed by atoms with Gasteiger partial charge in [0.05, 0.1) is 12.1 Å². The Hall–Kier alpha value is -1.68. The molecule has 1 aliphatic rings. The Bertz CT molecular complexity index is 618. The van der Waals surface area contributed by atoms with Gasteiger partial charge in [-0.05, 0) is 24.5 Å². The smallest absolute Gasteiger partial charge is 0.308 e. The van der Waals surface area contributed by atoms with Crippen LogP contribution in [-0.2, 0) is 17.6 Å². The Morgan fingerprint density at radius 2 is 2.28 bits per heavy atom. The molecular formula is C14H13NO2S. The van der Waals surface area contributed by atoms with Gasteiger partial charge < -0.3 is 5.11 Å². The third-order valence-electron chi connectivity index (χ3n) is 3.37. The highest BCUT2D eigenvalue weighted by Crippen LogP contribution is 2.41. The minimum absolute atomic E-state index is 0.0812. The Morgan fingerprint density at radius 1 is 1.50 bits per heavy atom. The fourth-order valence-electron chi connectivity index (χ4n) is 2.38. The number of carboxylic acids is 1. The maximum absolute atomic E-state index is 10.8. The van der Waals surface area contributed by atoms with Crippen LogP contribution in [0.2, 0.25) is 0 Å². The van der Waals surface area contributed by atoms with Crippen LogP contribution in [0.1, 0.15) is 32.6 Å². The maximum atomic E-state index is 10.8. The number of nitrogens with zero attached hydrogens (tertiary/aromatic N) is 1. The van der Waals surface area contributed by atoms with Gasteiger partial charge in [0.1, 0.15) is 5.01 Å². The van der Waals surface area contributed by atoms with Crippen molar-refractivity contribution < 1.29 is 9.90 Å². The molecule has 1 unspecified atom stereocenters. The zero-order chi connectivity index (χ0) is 12.7. The van der Waals surface area contributed by atoms with E-state index in [4.69, 9.17) is 5.11 Å². The summed E-state index contributed by atoms with van der Waals surface area (Å²) in [7, 11) is 0. The summed E-state index contributed by atoms with van der Waals surface area (Å²) in [6.07, 6.45) is 1.10. The number of aryl methyl sites for hydroxylation is 1. The summed E-state index contributed by atoms with van der Waals surface area (Å²) in [5.41, 5.74) is 3.59. The standard InChI is InChI=1S/C14H13NO2S/c1-8-12(7-13(16)17)18-14(15-8)11-6-9-4-2-3-5-10(9)11/h2-5,11H,6-7H2,1H3,(H,16,17). The SMILES string of the molecule is Cc1nc(C2Cc3ccccc32)sc1CC(=O)O. The zero-order valence-electron chi connectivity index (χ0n) is 10.0. The second-order valence-electron chi connectivity index (χ2n) is 4.59. The van der Waals surface area contributed by atoms with Gasteiger partial charge >= 0.3 is 5.97 Å². The van der Waals surface area contributed by atoms with E-state index in [0.29, 0.717) is 5.92 Å². The molecule has 0 saturated heterocycles. The number of aromatic nitrogens is 1. The van der Waals surface area contributed by atoms with Crippen molar-refractivity contribution in [3.8, 4) is 0 Å². The van der Waals surface area contributed by atoms with E-state index in [2.05, 4.69) is 23.2 Å². The fraction of sp³-hybridized carbons (Fsp3) is 0.286. The van der Waals surface area contributed by atoms with Crippen molar-refractivity contribution in [2.75, 3.05) is 0 Å². The second kappa shape index (κ2) is 4.21. The second-order valence-corrected chi connectivity index (χ2v) is 5.70. The van der Waals surface area contributed by atoms with Crippen LogP contribution < -0.4 is 0 Å². The minimum Gasteiger partial charge on any atom is -0.481 e. The zero-order valence-corrected chi connectivity index (χ0v) is 10.8. The quantitative estimate of drug-likeness (QED) is 0.922. The van der Waals surface area contributed by atoms with Gasteiger partial charge in [-0.2, -0.15) is 0 Å². The lowest BCUT2D eigenvalue weighted by atomic mass is 9.78. The summed E-state index contributed by atoms with van der Waals surface area (Å²) in [4.78, 5) is 16.2. The molecule has 1 atom stereocenters. The van der Waals surface area contributed by atoms with Gasteiger partial charge in [0.2, 0.25) is 0 Å². The molecule has 18 heavy (non-hydrogen) atoms. The first-order valence-corrected chi connectivity index (χ1v) is 6.72. The number of carbonyl (C=O) groups is 1. The van der Waals surface area contributed by atoms with Crippen LogP contribution in [0.15, 0.2) is 24.3 Å². The molecule has 4 heteroatoms. The van der Waals surface area contributed by atoms with Crippen molar-refractivity contribution in [1.82, 2.24) is 4.98 Å². The van der Waals surface area contributed by atoms with Gasteiger partial charge in [-0.3, -0.25) is 4.79 Å². The van der Waals surface area contributed by atoms with Crippen molar-refractivity contribution in [1.29, 1.82) is 0 Å². The number of fused-ring (bicyclic) bond motifs is 1. The summed E-state index contributed by atoms with van der Waals surface area (Å²) in [5.74, 6) is -0.422. The molecule has 3 rings (SSSR count). The summed E-state index contributed by atoms with van der Waals surface area (Å²) < 4.78 is 0. The van der Waals surface area contributed by atoms with E-state index in [-0.39, 0.29) is 6.42 Å². The van der Waals surface area contributed by atoms with Gasteiger partial charge in [0.15, 0.2) is 0 Å². The Labute approximate surface area is 109 Å². The van der Waals surface area contributed by atoms with Crippen molar-refractivity contribution in [3.05, 3.63) is 51.0 Å². The van der Waals surface area contributed by atoms with Crippen LogP contribution in [0.4, 0.5) is 0 Å². The lowest BCUT2D eigenvalue weighted by molar-refractivity contribution is -0.136. The van der Waals surface area contributed by atoms with E-state index in [1.54, 1.807) is 11.3 Å². The van der Waals surface area contributed by atoms with Gasteiger partial charge in [0.25, 0.3) is 0 Å². The Morgan fingerprint density at radius 3 is 3.00 bits per heavy atom. The average Bonchev–Trinajstić information content (AvgIpc) is 2.61. The molecule has 0 radical (unpaired) electrons. The number of thiazole rings is 1. The summed E-state index contributed by atoms with van der Waals surface area (Å²) in [6.45, 7) is 1.89. The molecule has 3 nitrogen and oxygen atoms in total. The predicted octanol–water partition coefficient (Wildman–Crippen LogP) is 2.77. The molecular weight excluding hydrogens is 246 g/mol. The van der Waals surface area contributed by atoms with Gasteiger partial charge in [-0.25, -0.2) is 4.98 Å². The van der Waals surface area contributed by atoms with E-state index in [0.717, 1.165) is 22.0 Å². The number of hydrogen-bond acceptors (Lipinski definition) is 3. The predicted molar refractivity (Wildman–Crippen MR) is 70.2 cm³/mol. The lowest BCUT2D eigenvalue weighted by Crippen LogP contribution is -2.17. The normalized spacial score (nSPS) is 17.1. The van der Waals surface area contributed by atoms with Crippen LogP contribution in [0.5, 0.6) is 0 Å². The van der Waals surface area contributed by atoms with E-state index < -0.39 is 5.97 Å². The summed E-state index contributed by atoms with van der Waals surface area (Å²) in [5, 5.41) is 9.90. The maximum Gasteiger partial charge on any atom is 0.308 e. The molecule has 0 amide bonds. The topological polar surface area (TPSA) is 50.2 Å². The van der Waals surface area contributed by atoms with Crippen molar-refractivity contribution in [2.45, 2.75) is 25.7 Å². The molecule has 0 bridgehead atoms. The van der Waals surface area contributed by atoms with Gasteiger partial charge in [-0.1, -0.05) is 24.3 Å². The van der Waals surface area contributed by atoms with E-state index >= 15 is 0 Å². The van der Waals surface area contributed by atoms with Crippen molar-refractivity contribution in [3.63, 3.8) is 0 Å². The van der Waals surface area contributed by atoms with Crippen LogP contribution in [-0.4, -0.2) is 16.1 Å². The fourth-order valence-corrected chi connectivity index (χ4v) is 3.56. The molecule has 0 fully saturated rings. The molecule has 0 aliphatic heterocycles. The van der Waals surface area contributed by atoms with Crippen molar-refractivity contribution in [2.24, 2.45) is 0 Å². The van der Waals surface area contributed by atoms with E-state index in [1.165, 1.54) is 11.1 Å². The highest BCUT2D eigenvalue weighted by Gasteiger charge is 2.30. The summed E-state index contributed by atoms with van der Waals surface area (Å²) >= 11 is 1.54. The molecule has 92 valence electrons. The number of carboxylic acid groups (broad SMARTS) is 1. The number of rotatable bonds is 3. The minimum atomic E-state index is -0.790. The average molecular weight is 259 g/mol. The third-order valence-corrected chi connectivity index (χ3v) is 4.64. The van der Waals surface area contributed by atoms with Crippen LogP contribution >= 0.6 is 11.3 Å². The number of hydrogen-bond donors (Lipinski definition) is 1. The Balaban J connectivity index is 1.89. The van der Waals surface area contributed by atoms with Gasteiger partial charge in [0, 0.05) is 10.8 Å². The third kappa shape index (κ3) is 1.82. The number of benzene rings is 1. The largest absolute Gasteiger partial charge is 0.481 e. The monoisotopic (exact) mass is 259 g/mol. The molecule has 1 aromatic heterocycles. The highest BCUT2D eigenvalue weighted by molar-refractivity contribution is 7.12. The lowest BCUT2D eigenvalue weighted by Gasteiger charge is -2.28. The van der Waals surface area contributed by atoms with Crippen LogP contribution in [0.3, 0.4) is 0 Å².